The molecule has 0 unspecified atom stereocenters. The molecule has 0 fully saturated rings. The van der Waals surface area contributed by atoms with E-state index in [-0.39, 0.29) is 5.41 Å². The molecule has 0 radical (unpaired) electrons. The molecule has 1 aliphatic rings. The number of benzene rings is 1. The van der Waals surface area contributed by atoms with Crippen LogP contribution in [0.15, 0.2) is 24.5 Å². The molecule has 92 valence electrons. The molecule has 1 heterocycles. The van der Waals surface area contributed by atoms with E-state index in [1.165, 1.54) is 16.7 Å². The van der Waals surface area contributed by atoms with Gasteiger partial charge in [0.1, 0.15) is 5.75 Å². The summed E-state index contributed by atoms with van der Waals surface area (Å²) in [4.78, 5) is 0. The summed E-state index contributed by atoms with van der Waals surface area (Å²) in [7, 11) is 0. The van der Waals surface area contributed by atoms with Gasteiger partial charge in [-0.3, -0.25) is 0 Å². The lowest BCUT2D eigenvalue weighted by atomic mass is 9.79. The van der Waals surface area contributed by atoms with Crippen molar-refractivity contribution < 1.29 is 4.74 Å². The molecule has 0 aliphatic carbocycles. The van der Waals surface area contributed by atoms with Crippen LogP contribution in [-0.4, -0.2) is 0 Å². The molecule has 0 atom stereocenters. The van der Waals surface area contributed by atoms with Gasteiger partial charge in [-0.2, -0.15) is 0 Å². The van der Waals surface area contributed by atoms with Crippen LogP contribution in [0.1, 0.15) is 57.2 Å². The molecule has 0 N–H and O–H groups in total. The van der Waals surface area contributed by atoms with Crippen molar-refractivity contribution in [3.8, 4) is 5.75 Å². The van der Waals surface area contributed by atoms with Gasteiger partial charge in [0, 0.05) is 0 Å². The highest BCUT2D eigenvalue weighted by Gasteiger charge is 2.22. The maximum atomic E-state index is 5.61. The van der Waals surface area contributed by atoms with Crippen molar-refractivity contribution in [3.63, 3.8) is 0 Å². The van der Waals surface area contributed by atoms with Crippen molar-refractivity contribution in [1.82, 2.24) is 0 Å². The van der Waals surface area contributed by atoms with Crippen molar-refractivity contribution in [1.29, 1.82) is 0 Å². The average molecular weight is 230 g/mol. The number of fused-ring (bicyclic) bond motifs is 1. The first-order valence-corrected chi connectivity index (χ1v) is 6.38. The van der Waals surface area contributed by atoms with Crippen LogP contribution in [0.25, 0.3) is 0 Å². The average Bonchev–Trinajstić information content (AvgIpc) is 2.26. The summed E-state index contributed by atoms with van der Waals surface area (Å²) in [6.45, 7) is 11.3. The second-order valence-electron chi connectivity index (χ2n) is 6.15. The molecule has 0 saturated heterocycles. The fraction of sp³-hybridized carbons (Fsp3) is 0.500. The number of rotatable bonds is 1. The molecule has 2 rings (SSSR count). The lowest BCUT2D eigenvalue weighted by Crippen LogP contribution is -2.16. The highest BCUT2D eigenvalue weighted by atomic mass is 16.5. The predicted octanol–water partition coefficient (Wildman–Crippen LogP) is 4.56. The zero-order chi connectivity index (χ0) is 12.6. The Hall–Kier alpha value is -1.24. The zero-order valence-corrected chi connectivity index (χ0v) is 11.5. The fourth-order valence-electron chi connectivity index (χ4n) is 2.34. The van der Waals surface area contributed by atoms with Gasteiger partial charge in [0.25, 0.3) is 0 Å². The Balaban J connectivity index is 2.58. The molecule has 17 heavy (non-hydrogen) atoms. The van der Waals surface area contributed by atoms with Crippen LogP contribution in [0, 0.1) is 0 Å². The Kier molecular flexibility index (Phi) is 3.03. The van der Waals surface area contributed by atoms with E-state index < -0.39 is 0 Å². The first-order chi connectivity index (χ1) is 7.89. The van der Waals surface area contributed by atoms with Gasteiger partial charge in [0.05, 0.1) is 6.26 Å². The van der Waals surface area contributed by atoms with Gasteiger partial charge in [-0.25, -0.2) is 0 Å². The van der Waals surface area contributed by atoms with Crippen LogP contribution < -0.4 is 4.74 Å². The Labute approximate surface area is 104 Å². The van der Waals surface area contributed by atoms with E-state index in [0.717, 1.165) is 12.2 Å². The molecular formula is C16H22O. The minimum absolute atomic E-state index is 0.166. The number of hydrogen-bond acceptors (Lipinski definition) is 1. The Morgan fingerprint density at radius 3 is 2.47 bits per heavy atom. The minimum atomic E-state index is 0.166. The van der Waals surface area contributed by atoms with Gasteiger partial charge in [-0.15, -0.1) is 0 Å². The van der Waals surface area contributed by atoms with Gasteiger partial charge in [0.2, 0.25) is 0 Å². The van der Waals surface area contributed by atoms with E-state index >= 15 is 0 Å². The molecule has 1 aromatic rings. The maximum absolute atomic E-state index is 5.61. The van der Waals surface area contributed by atoms with Crippen LogP contribution >= 0.6 is 0 Å². The third-order valence-electron chi connectivity index (χ3n) is 3.29. The molecular weight excluding hydrogens is 208 g/mol. The van der Waals surface area contributed by atoms with E-state index in [4.69, 9.17) is 4.74 Å². The fourth-order valence-corrected chi connectivity index (χ4v) is 2.34. The summed E-state index contributed by atoms with van der Waals surface area (Å²) in [6.07, 6.45) is 4.85. The van der Waals surface area contributed by atoms with E-state index in [9.17, 15) is 0 Å². The quantitative estimate of drug-likeness (QED) is 0.687. The molecule has 1 nitrogen and oxygen atoms in total. The molecule has 1 heteroatoms. The summed E-state index contributed by atoms with van der Waals surface area (Å²) >= 11 is 0. The zero-order valence-electron chi connectivity index (χ0n) is 11.5. The molecule has 0 aromatic heterocycles. The van der Waals surface area contributed by atoms with E-state index in [1.54, 1.807) is 6.26 Å². The van der Waals surface area contributed by atoms with Crippen LogP contribution in [0.5, 0.6) is 5.75 Å². The second-order valence-corrected chi connectivity index (χ2v) is 6.15. The van der Waals surface area contributed by atoms with E-state index in [2.05, 4.69) is 52.8 Å². The predicted molar refractivity (Wildman–Crippen MR) is 72.7 cm³/mol. The topological polar surface area (TPSA) is 9.23 Å². The Bertz CT molecular complexity index is 447. The Morgan fingerprint density at radius 1 is 1.18 bits per heavy atom. The van der Waals surface area contributed by atoms with Crippen molar-refractivity contribution in [2.24, 2.45) is 0 Å². The summed E-state index contributed by atoms with van der Waals surface area (Å²) in [5.74, 6) is 1.59. The second kappa shape index (κ2) is 4.21. The Morgan fingerprint density at radius 2 is 1.88 bits per heavy atom. The molecule has 1 aromatic carbocycles. The number of hydrogen-bond donors (Lipinski definition) is 0. The summed E-state index contributed by atoms with van der Waals surface area (Å²) in [5, 5.41) is 0. The number of ether oxygens (including phenoxy) is 1. The van der Waals surface area contributed by atoms with Gasteiger partial charge in [-0.1, -0.05) is 40.7 Å². The first-order valence-electron chi connectivity index (χ1n) is 6.38. The lowest BCUT2D eigenvalue weighted by Gasteiger charge is -2.27. The molecule has 0 amide bonds. The van der Waals surface area contributed by atoms with Crippen molar-refractivity contribution >= 4 is 0 Å². The van der Waals surface area contributed by atoms with Crippen LogP contribution in [-0.2, 0) is 11.8 Å². The molecule has 0 spiro atoms. The molecule has 0 saturated carbocycles. The first kappa shape index (κ1) is 12.2. The summed E-state index contributed by atoms with van der Waals surface area (Å²) in [6, 6.07) is 4.55. The van der Waals surface area contributed by atoms with E-state index in [1.807, 2.05) is 0 Å². The molecule has 1 aliphatic heterocycles. The summed E-state index contributed by atoms with van der Waals surface area (Å²) < 4.78 is 5.61. The van der Waals surface area contributed by atoms with E-state index in [0.29, 0.717) is 5.92 Å². The highest BCUT2D eigenvalue weighted by molar-refractivity contribution is 5.48. The van der Waals surface area contributed by atoms with Crippen molar-refractivity contribution in [2.75, 3.05) is 0 Å². The molecule has 0 bridgehead atoms. The maximum Gasteiger partial charge on any atom is 0.130 e. The van der Waals surface area contributed by atoms with Gasteiger partial charge in [-0.05, 0) is 46.6 Å². The lowest BCUT2D eigenvalue weighted by molar-refractivity contribution is 0.459. The largest absolute Gasteiger partial charge is 0.465 e. The standard InChI is InChI=1S/C16H22O/c1-11(2)13-9-12-7-6-8-17-15(12)10-14(13)16(3,4)5/h6,8-11H,7H2,1-5H3. The summed E-state index contributed by atoms with van der Waals surface area (Å²) in [5.41, 5.74) is 4.33. The normalized spacial score (nSPS) is 14.7. The number of allylic oxidation sites excluding steroid dienone is 1. The highest BCUT2D eigenvalue weighted by Crippen LogP contribution is 2.36. The third kappa shape index (κ3) is 2.38. The van der Waals surface area contributed by atoms with Crippen molar-refractivity contribution in [2.45, 2.75) is 52.4 Å². The van der Waals surface area contributed by atoms with Gasteiger partial charge < -0.3 is 4.74 Å². The SMILES string of the molecule is CC(C)c1cc2c(cc1C(C)(C)C)OC=CC2. The van der Waals surface area contributed by atoms with Crippen LogP contribution in [0.2, 0.25) is 0 Å². The van der Waals surface area contributed by atoms with Crippen LogP contribution in [0.4, 0.5) is 0 Å². The van der Waals surface area contributed by atoms with Gasteiger partial charge in [0.15, 0.2) is 0 Å². The monoisotopic (exact) mass is 230 g/mol. The van der Waals surface area contributed by atoms with Crippen molar-refractivity contribution in [3.05, 3.63) is 41.2 Å². The third-order valence-corrected chi connectivity index (χ3v) is 3.29. The minimum Gasteiger partial charge on any atom is -0.465 e. The van der Waals surface area contributed by atoms with Gasteiger partial charge >= 0.3 is 0 Å². The van der Waals surface area contributed by atoms with Crippen LogP contribution in [0.3, 0.4) is 0 Å². The smallest absolute Gasteiger partial charge is 0.130 e.